The van der Waals surface area contributed by atoms with Crippen molar-refractivity contribution in [2.24, 2.45) is 0 Å². The number of fused-ring (bicyclic) bond motifs is 1. The Bertz CT molecular complexity index is 834. The summed E-state index contributed by atoms with van der Waals surface area (Å²) in [5.41, 5.74) is 5.01. The summed E-state index contributed by atoms with van der Waals surface area (Å²) in [5.74, 6) is 0. The first-order valence-corrected chi connectivity index (χ1v) is 7.44. The second-order valence-corrected chi connectivity index (χ2v) is 5.49. The summed E-state index contributed by atoms with van der Waals surface area (Å²) >= 11 is 0. The van der Waals surface area contributed by atoms with Crippen LogP contribution in [-0.2, 0) is 4.74 Å². The molecule has 0 bridgehead atoms. The van der Waals surface area contributed by atoms with E-state index in [-0.39, 0.29) is 6.04 Å². The molecule has 1 atom stereocenters. The molecule has 0 saturated carbocycles. The van der Waals surface area contributed by atoms with Gasteiger partial charge in [-0.1, -0.05) is 24.3 Å². The summed E-state index contributed by atoms with van der Waals surface area (Å²) in [6, 6.07) is 11.6. The molecule has 118 valence electrons. The number of alkyl carbamates (subject to hydrolysis) is 1. The van der Waals surface area contributed by atoms with Gasteiger partial charge < -0.3 is 14.5 Å². The van der Waals surface area contributed by atoms with E-state index in [2.05, 4.69) is 10.3 Å². The molecule has 0 fully saturated rings. The second kappa shape index (κ2) is 6.12. The Morgan fingerprint density at radius 1 is 1.17 bits per heavy atom. The van der Waals surface area contributed by atoms with Crippen LogP contribution in [0.1, 0.15) is 28.4 Å². The lowest BCUT2D eigenvalue weighted by Gasteiger charge is -2.22. The summed E-state index contributed by atoms with van der Waals surface area (Å²) in [7, 11) is 1.37. The molecule has 3 rings (SSSR count). The fourth-order valence-corrected chi connectivity index (χ4v) is 2.92. The Labute approximate surface area is 134 Å². The van der Waals surface area contributed by atoms with Crippen molar-refractivity contribution in [3.63, 3.8) is 0 Å². The number of carbonyl (C=O) groups excluding carboxylic acids is 1. The number of hydrogen-bond acceptors (Lipinski definition) is 3. The van der Waals surface area contributed by atoms with Gasteiger partial charge in [0.2, 0.25) is 0 Å². The minimum atomic E-state index is -0.469. The highest BCUT2D eigenvalue weighted by Crippen LogP contribution is 2.28. The minimum Gasteiger partial charge on any atom is -0.453 e. The van der Waals surface area contributed by atoms with Crippen LogP contribution < -0.4 is 5.32 Å². The fraction of sp³-hybridized carbons (Fsp3) is 0.222. The van der Waals surface area contributed by atoms with Crippen LogP contribution in [0, 0.1) is 13.8 Å². The van der Waals surface area contributed by atoms with Crippen LogP contribution in [0.3, 0.4) is 0 Å². The predicted octanol–water partition coefficient (Wildman–Crippen LogP) is 3.40. The number of carbonyl (C=O) groups is 1. The van der Waals surface area contributed by atoms with Crippen LogP contribution in [0.25, 0.3) is 5.65 Å². The van der Waals surface area contributed by atoms with E-state index in [1.165, 1.54) is 7.11 Å². The van der Waals surface area contributed by atoms with Crippen LogP contribution >= 0.6 is 0 Å². The average molecular weight is 309 g/mol. The van der Waals surface area contributed by atoms with Gasteiger partial charge in [-0.25, -0.2) is 9.78 Å². The van der Waals surface area contributed by atoms with Gasteiger partial charge >= 0.3 is 6.09 Å². The molecular weight excluding hydrogens is 290 g/mol. The zero-order chi connectivity index (χ0) is 16.4. The number of aromatic nitrogens is 2. The lowest BCUT2D eigenvalue weighted by Crippen LogP contribution is -2.31. The maximum Gasteiger partial charge on any atom is 0.407 e. The highest BCUT2D eigenvalue weighted by molar-refractivity contribution is 5.69. The summed E-state index contributed by atoms with van der Waals surface area (Å²) < 4.78 is 6.79. The summed E-state index contributed by atoms with van der Waals surface area (Å²) in [5, 5.41) is 2.94. The van der Waals surface area contributed by atoms with Crippen LogP contribution in [0.4, 0.5) is 4.79 Å². The molecular formula is C18H19N3O2. The Hall–Kier alpha value is -2.82. The minimum absolute atomic E-state index is 0.332. The quantitative estimate of drug-likeness (QED) is 0.807. The first kappa shape index (κ1) is 15.1. The van der Waals surface area contributed by atoms with Gasteiger partial charge in [0.1, 0.15) is 11.7 Å². The smallest absolute Gasteiger partial charge is 0.407 e. The van der Waals surface area contributed by atoms with Gasteiger partial charge in [0.05, 0.1) is 19.0 Å². The molecule has 0 radical (unpaired) electrons. The van der Waals surface area contributed by atoms with Crippen molar-refractivity contribution in [2.45, 2.75) is 19.9 Å². The fourth-order valence-electron chi connectivity index (χ4n) is 2.92. The molecule has 5 nitrogen and oxygen atoms in total. The number of ether oxygens (including phenoxy) is 1. The van der Waals surface area contributed by atoms with E-state index in [4.69, 9.17) is 4.74 Å². The van der Waals surface area contributed by atoms with Crippen molar-refractivity contribution in [1.29, 1.82) is 0 Å². The van der Waals surface area contributed by atoms with Gasteiger partial charge in [-0.2, -0.15) is 0 Å². The van der Waals surface area contributed by atoms with E-state index in [0.29, 0.717) is 0 Å². The molecule has 1 amide bonds. The van der Waals surface area contributed by atoms with E-state index in [9.17, 15) is 4.79 Å². The van der Waals surface area contributed by atoms with E-state index in [1.807, 2.05) is 60.8 Å². The number of imidazole rings is 1. The third-order valence-electron chi connectivity index (χ3n) is 4.02. The summed E-state index contributed by atoms with van der Waals surface area (Å²) in [4.78, 5) is 16.3. The molecule has 1 unspecified atom stereocenters. The van der Waals surface area contributed by atoms with E-state index in [0.717, 1.165) is 28.0 Å². The molecule has 0 saturated heterocycles. The van der Waals surface area contributed by atoms with Gasteiger partial charge in [-0.05, 0) is 42.7 Å². The molecule has 0 aliphatic carbocycles. The Balaban J connectivity index is 2.18. The van der Waals surface area contributed by atoms with E-state index < -0.39 is 6.09 Å². The standard InChI is InChI=1S/C18H19N3O2/c1-12-7-6-8-13(2)16(12)17(20-18(22)23-3)14-11-19-15-9-4-5-10-21(14)15/h4-11,17H,1-3H3,(H,20,22). The van der Waals surface area contributed by atoms with Gasteiger partial charge in [0, 0.05) is 6.20 Å². The highest BCUT2D eigenvalue weighted by Gasteiger charge is 2.23. The molecule has 0 spiro atoms. The molecule has 1 aromatic carbocycles. The van der Waals surface area contributed by atoms with E-state index >= 15 is 0 Å². The Morgan fingerprint density at radius 3 is 2.61 bits per heavy atom. The zero-order valence-corrected chi connectivity index (χ0v) is 13.4. The lowest BCUT2D eigenvalue weighted by atomic mass is 9.94. The van der Waals surface area contributed by atoms with Gasteiger partial charge in [-0.3, -0.25) is 0 Å². The van der Waals surface area contributed by atoms with Gasteiger partial charge in [0.25, 0.3) is 0 Å². The number of amides is 1. The van der Waals surface area contributed by atoms with Crippen molar-refractivity contribution in [1.82, 2.24) is 14.7 Å². The second-order valence-electron chi connectivity index (χ2n) is 5.49. The maximum atomic E-state index is 11.9. The molecule has 0 aliphatic heterocycles. The summed E-state index contributed by atoms with van der Waals surface area (Å²) in [6.45, 7) is 4.08. The van der Waals surface area contributed by atoms with E-state index in [1.54, 1.807) is 6.20 Å². The lowest BCUT2D eigenvalue weighted by molar-refractivity contribution is 0.168. The number of pyridine rings is 1. The molecule has 3 aromatic rings. The molecule has 23 heavy (non-hydrogen) atoms. The number of methoxy groups -OCH3 is 1. The number of hydrogen-bond donors (Lipinski definition) is 1. The van der Waals surface area contributed by atoms with Gasteiger partial charge in [0.15, 0.2) is 0 Å². The van der Waals surface area contributed by atoms with Crippen LogP contribution in [0.15, 0.2) is 48.8 Å². The maximum absolute atomic E-state index is 11.9. The monoisotopic (exact) mass is 309 g/mol. The third kappa shape index (κ3) is 2.77. The van der Waals surface area contributed by atoms with Crippen LogP contribution in [0.2, 0.25) is 0 Å². The number of nitrogens with zero attached hydrogens (tertiary/aromatic N) is 2. The normalized spacial score (nSPS) is 12.1. The van der Waals surface area contributed by atoms with Crippen molar-refractivity contribution < 1.29 is 9.53 Å². The van der Waals surface area contributed by atoms with Crippen molar-refractivity contribution in [3.05, 3.63) is 71.2 Å². The Kier molecular flexibility index (Phi) is 4.02. The van der Waals surface area contributed by atoms with Crippen LogP contribution in [-0.4, -0.2) is 22.6 Å². The molecule has 2 aromatic heterocycles. The topological polar surface area (TPSA) is 55.6 Å². The van der Waals surface area contributed by atoms with Gasteiger partial charge in [-0.15, -0.1) is 0 Å². The largest absolute Gasteiger partial charge is 0.453 e. The predicted molar refractivity (Wildman–Crippen MR) is 88.5 cm³/mol. The van der Waals surface area contributed by atoms with Crippen molar-refractivity contribution in [2.75, 3.05) is 7.11 Å². The SMILES string of the molecule is COC(=O)NC(c1c(C)cccc1C)c1cnc2ccccn12. The number of nitrogens with one attached hydrogen (secondary N) is 1. The molecule has 5 heteroatoms. The number of benzene rings is 1. The third-order valence-corrected chi connectivity index (χ3v) is 4.02. The first-order chi connectivity index (χ1) is 11.1. The Morgan fingerprint density at radius 2 is 1.91 bits per heavy atom. The molecule has 2 heterocycles. The molecule has 1 N–H and O–H groups in total. The summed E-state index contributed by atoms with van der Waals surface area (Å²) in [6.07, 6.45) is 3.27. The number of rotatable bonds is 3. The first-order valence-electron chi connectivity index (χ1n) is 7.44. The van der Waals surface area contributed by atoms with Crippen LogP contribution in [0.5, 0.6) is 0 Å². The van der Waals surface area contributed by atoms with Crippen molar-refractivity contribution >= 4 is 11.7 Å². The highest BCUT2D eigenvalue weighted by atomic mass is 16.5. The van der Waals surface area contributed by atoms with Crippen molar-refractivity contribution in [3.8, 4) is 0 Å². The average Bonchev–Trinajstić information content (AvgIpc) is 2.97. The number of aryl methyl sites for hydroxylation is 2. The zero-order valence-electron chi connectivity index (χ0n) is 13.4. The molecule has 0 aliphatic rings.